The molecule has 0 aliphatic rings. The van der Waals surface area contributed by atoms with Gasteiger partial charge in [-0.05, 0) is 30.3 Å². The van der Waals surface area contributed by atoms with E-state index in [4.69, 9.17) is 9.47 Å². The maximum absolute atomic E-state index is 11.7. The fraction of sp³-hybridized carbons (Fsp3) is 0.214. The first-order valence-corrected chi connectivity index (χ1v) is 6.63. The molecule has 0 saturated carbocycles. The predicted octanol–water partition coefficient (Wildman–Crippen LogP) is 3.02. The first-order chi connectivity index (χ1) is 9.16. The zero-order chi connectivity index (χ0) is 13.7. The molecule has 0 saturated heterocycles. The van der Waals surface area contributed by atoms with Gasteiger partial charge in [-0.2, -0.15) is 0 Å². The minimum Gasteiger partial charge on any atom is -0.490 e. The van der Waals surface area contributed by atoms with Crippen molar-refractivity contribution < 1.29 is 14.3 Å². The largest absolute Gasteiger partial charge is 0.490 e. The van der Waals surface area contributed by atoms with Gasteiger partial charge < -0.3 is 14.0 Å². The number of hydrogen-bond acceptors (Lipinski definition) is 3. The molecule has 2 rings (SSSR count). The third kappa shape index (κ3) is 3.86. The maximum atomic E-state index is 11.7. The van der Waals surface area contributed by atoms with Gasteiger partial charge in [0.2, 0.25) is 0 Å². The highest BCUT2D eigenvalue weighted by atomic mass is 79.9. The summed E-state index contributed by atoms with van der Waals surface area (Å²) in [5, 5.41) is 0. The third-order valence-electron chi connectivity index (χ3n) is 2.53. The van der Waals surface area contributed by atoms with E-state index in [1.54, 1.807) is 29.9 Å². The lowest BCUT2D eigenvalue weighted by Crippen LogP contribution is -2.14. The second-order valence-corrected chi connectivity index (χ2v) is 4.86. The Morgan fingerprint density at radius 1 is 1.26 bits per heavy atom. The highest BCUT2D eigenvalue weighted by Crippen LogP contribution is 2.17. The number of benzene rings is 1. The molecule has 0 radical (unpaired) electrons. The smallest absolute Gasteiger partial charge is 0.355 e. The number of carbonyl (C=O) groups excluding carboxylic acids is 1. The van der Waals surface area contributed by atoms with Gasteiger partial charge in [0.1, 0.15) is 24.7 Å². The highest BCUT2D eigenvalue weighted by molar-refractivity contribution is 9.10. The number of rotatable bonds is 5. The lowest BCUT2D eigenvalue weighted by molar-refractivity contribution is 0.0439. The molecule has 0 unspecified atom stereocenters. The fourth-order valence-corrected chi connectivity index (χ4v) is 1.98. The number of hydrogen-bond donors (Lipinski definition) is 0. The fourth-order valence-electron chi connectivity index (χ4n) is 1.60. The Morgan fingerprint density at radius 2 is 2.11 bits per heavy atom. The molecule has 0 bridgehead atoms. The summed E-state index contributed by atoms with van der Waals surface area (Å²) in [5.41, 5.74) is 0.530. The van der Waals surface area contributed by atoms with E-state index < -0.39 is 0 Å². The van der Waals surface area contributed by atoms with Crippen LogP contribution in [-0.4, -0.2) is 23.8 Å². The van der Waals surface area contributed by atoms with Crippen molar-refractivity contribution in [2.24, 2.45) is 7.05 Å². The van der Waals surface area contributed by atoms with Crippen molar-refractivity contribution in [3.05, 3.63) is 52.8 Å². The summed E-state index contributed by atoms with van der Waals surface area (Å²) in [6.45, 7) is 0.545. The number of aryl methyl sites for hydroxylation is 1. The molecular weight excluding hydrogens is 310 g/mol. The number of esters is 1. The molecule has 1 heterocycles. The lowest BCUT2D eigenvalue weighted by Gasteiger charge is -2.08. The van der Waals surface area contributed by atoms with E-state index in [0.717, 1.165) is 10.2 Å². The molecule has 2 aromatic rings. The molecule has 0 atom stereocenters. The molecule has 0 amide bonds. The minimum atomic E-state index is -0.342. The van der Waals surface area contributed by atoms with Crippen LogP contribution in [0.2, 0.25) is 0 Å². The Balaban J connectivity index is 1.75. The molecule has 1 aromatic carbocycles. The number of ether oxygens (including phenoxy) is 2. The van der Waals surface area contributed by atoms with Crippen LogP contribution in [0.15, 0.2) is 47.1 Å². The van der Waals surface area contributed by atoms with Crippen molar-refractivity contribution in [2.45, 2.75) is 0 Å². The van der Waals surface area contributed by atoms with Crippen molar-refractivity contribution in [1.82, 2.24) is 4.57 Å². The van der Waals surface area contributed by atoms with Crippen LogP contribution in [-0.2, 0) is 11.8 Å². The molecule has 0 fully saturated rings. The third-order valence-corrected chi connectivity index (χ3v) is 3.03. The van der Waals surface area contributed by atoms with Crippen molar-refractivity contribution in [3.8, 4) is 5.75 Å². The molecule has 19 heavy (non-hydrogen) atoms. The Hall–Kier alpha value is -1.75. The van der Waals surface area contributed by atoms with Crippen molar-refractivity contribution in [2.75, 3.05) is 13.2 Å². The number of nitrogens with zero attached hydrogens (tertiary/aromatic N) is 1. The SMILES string of the molecule is Cn1cccc1C(=O)OCCOc1cccc(Br)c1. The molecule has 0 spiro atoms. The second-order valence-electron chi connectivity index (χ2n) is 3.95. The van der Waals surface area contributed by atoms with E-state index in [9.17, 15) is 4.79 Å². The first-order valence-electron chi connectivity index (χ1n) is 5.83. The molecule has 0 aliphatic carbocycles. The van der Waals surface area contributed by atoms with Crippen LogP contribution in [0.1, 0.15) is 10.5 Å². The number of carbonyl (C=O) groups is 1. The van der Waals surface area contributed by atoms with Crippen LogP contribution in [0.4, 0.5) is 0 Å². The van der Waals surface area contributed by atoms with Crippen LogP contribution in [0.3, 0.4) is 0 Å². The van der Waals surface area contributed by atoms with Gasteiger partial charge in [-0.1, -0.05) is 22.0 Å². The van der Waals surface area contributed by atoms with Crippen molar-refractivity contribution in [3.63, 3.8) is 0 Å². The van der Waals surface area contributed by atoms with E-state index in [2.05, 4.69) is 15.9 Å². The summed E-state index contributed by atoms with van der Waals surface area (Å²) in [6.07, 6.45) is 1.80. The van der Waals surface area contributed by atoms with E-state index in [-0.39, 0.29) is 12.6 Å². The molecule has 0 N–H and O–H groups in total. The van der Waals surface area contributed by atoms with Gasteiger partial charge >= 0.3 is 5.97 Å². The van der Waals surface area contributed by atoms with Crippen molar-refractivity contribution >= 4 is 21.9 Å². The van der Waals surface area contributed by atoms with Gasteiger partial charge in [-0.3, -0.25) is 0 Å². The summed E-state index contributed by atoms with van der Waals surface area (Å²) in [5.74, 6) is 0.398. The Labute approximate surface area is 120 Å². The number of aromatic nitrogens is 1. The standard InChI is InChI=1S/C14H14BrNO3/c1-16-7-3-6-13(16)14(17)19-9-8-18-12-5-2-4-11(15)10-12/h2-7,10H,8-9H2,1H3. The van der Waals surface area contributed by atoms with E-state index >= 15 is 0 Å². The zero-order valence-electron chi connectivity index (χ0n) is 10.5. The van der Waals surface area contributed by atoms with Gasteiger partial charge in [0.25, 0.3) is 0 Å². The first kappa shape index (κ1) is 13.7. The zero-order valence-corrected chi connectivity index (χ0v) is 12.1. The second kappa shape index (κ2) is 6.43. The molecule has 100 valence electrons. The van der Waals surface area contributed by atoms with Crippen LogP contribution in [0, 0.1) is 0 Å². The monoisotopic (exact) mass is 323 g/mol. The number of halogens is 1. The molecule has 4 nitrogen and oxygen atoms in total. The summed E-state index contributed by atoms with van der Waals surface area (Å²) in [6, 6.07) is 11.0. The summed E-state index contributed by atoms with van der Waals surface area (Å²) in [7, 11) is 1.80. The normalized spacial score (nSPS) is 10.2. The maximum Gasteiger partial charge on any atom is 0.355 e. The van der Waals surface area contributed by atoms with E-state index in [0.29, 0.717) is 12.3 Å². The molecule has 0 aliphatic heterocycles. The van der Waals surface area contributed by atoms with Crippen LogP contribution in [0.25, 0.3) is 0 Å². The summed E-state index contributed by atoms with van der Waals surface area (Å²) < 4.78 is 13.3. The van der Waals surface area contributed by atoms with Gasteiger partial charge in [0.15, 0.2) is 0 Å². The van der Waals surface area contributed by atoms with Crippen LogP contribution < -0.4 is 4.74 Å². The predicted molar refractivity (Wildman–Crippen MR) is 75.3 cm³/mol. The molecule has 5 heteroatoms. The van der Waals surface area contributed by atoms with Crippen LogP contribution >= 0.6 is 15.9 Å². The Morgan fingerprint density at radius 3 is 2.79 bits per heavy atom. The average molecular weight is 324 g/mol. The quantitative estimate of drug-likeness (QED) is 0.627. The highest BCUT2D eigenvalue weighted by Gasteiger charge is 2.09. The summed E-state index contributed by atoms with van der Waals surface area (Å²) in [4.78, 5) is 11.7. The molecule has 1 aromatic heterocycles. The Kier molecular flexibility index (Phi) is 4.63. The van der Waals surface area contributed by atoms with Gasteiger partial charge in [-0.15, -0.1) is 0 Å². The minimum absolute atomic E-state index is 0.219. The van der Waals surface area contributed by atoms with Gasteiger partial charge in [-0.25, -0.2) is 4.79 Å². The lowest BCUT2D eigenvalue weighted by atomic mass is 10.3. The van der Waals surface area contributed by atoms with E-state index in [1.165, 1.54) is 0 Å². The molecular formula is C14H14BrNO3. The summed E-state index contributed by atoms with van der Waals surface area (Å²) >= 11 is 3.36. The van der Waals surface area contributed by atoms with E-state index in [1.807, 2.05) is 24.3 Å². The van der Waals surface area contributed by atoms with Crippen molar-refractivity contribution in [1.29, 1.82) is 0 Å². The Bertz CT molecular complexity index is 565. The topological polar surface area (TPSA) is 40.5 Å². The average Bonchev–Trinajstić information content (AvgIpc) is 2.81. The van der Waals surface area contributed by atoms with Crippen LogP contribution in [0.5, 0.6) is 5.75 Å². The van der Waals surface area contributed by atoms with Gasteiger partial charge in [0, 0.05) is 17.7 Å². The van der Waals surface area contributed by atoms with Gasteiger partial charge in [0.05, 0.1) is 0 Å².